The van der Waals surface area contributed by atoms with Crippen LogP contribution in [0.1, 0.15) is 0 Å². The summed E-state index contributed by atoms with van der Waals surface area (Å²) in [6.45, 7) is 0. The molecule has 0 atom stereocenters. The van der Waals surface area contributed by atoms with Gasteiger partial charge in [-0.1, -0.05) is 18.2 Å². The highest BCUT2D eigenvalue weighted by molar-refractivity contribution is 7.92. The molecular weight excluding hydrogens is 340 g/mol. The quantitative estimate of drug-likeness (QED) is 0.676. The maximum atomic E-state index is 12.3. The van der Waals surface area contributed by atoms with Crippen LogP contribution >= 0.6 is 0 Å². The van der Waals surface area contributed by atoms with Gasteiger partial charge in [0.25, 0.3) is 10.0 Å². The molecule has 0 unspecified atom stereocenters. The van der Waals surface area contributed by atoms with Crippen molar-refractivity contribution in [3.8, 4) is 5.75 Å². The third-order valence-electron chi connectivity index (χ3n) is 3.21. The van der Waals surface area contributed by atoms with Crippen molar-refractivity contribution in [2.24, 2.45) is 10.2 Å². The maximum Gasteiger partial charge on any atom is 0.263 e. The molecule has 2 N–H and O–H groups in total. The molecule has 0 amide bonds. The number of pyridine rings is 1. The van der Waals surface area contributed by atoms with Gasteiger partial charge in [-0.05, 0) is 48.5 Å². The van der Waals surface area contributed by atoms with E-state index >= 15 is 0 Å². The van der Waals surface area contributed by atoms with Gasteiger partial charge in [-0.2, -0.15) is 5.11 Å². The van der Waals surface area contributed by atoms with Crippen LogP contribution in [0.25, 0.3) is 0 Å². The van der Waals surface area contributed by atoms with Crippen LogP contribution in [0.3, 0.4) is 0 Å². The molecule has 3 aromatic rings. The average molecular weight is 354 g/mol. The van der Waals surface area contributed by atoms with E-state index < -0.39 is 10.0 Å². The number of azo groups is 1. The molecule has 0 bridgehead atoms. The lowest BCUT2D eigenvalue weighted by molar-refractivity contribution is 0.476. The highest BCUT2D eigenvalue weighted by Gasteiger charge is 2.14. The number of benzene rings is 2. The Morgan fingerprint density at radius 3 is 2.28 bits per heavy atom. The van der Waals surface area contributed by atoms with E-state index in [2.05, 4.69) is 19.9 Å². The van der Waals surface area contributed by atoms with Crippen LogP contribution in [-0.2, 0) is 10.0 Å². The Labute approximate surface area is 144 Å². The van der Waals surface area contributed by atoms with E-state index in [0.29, 0.717) is 11.4 Å². The lowest BCUT2D eigenvalue weighted by atomic mass is 10.3. The monoisotopic (exact) mass is 354 g/mol. The number of rotatable bonds is 5. The first-order valence-corrected chi connectivity index (χ1v) is 8.76. The fourth-order valence-corrected chi connectivity index (χ4v) is 2.98. The Morgan fingerprint density at radius 2 is 1.60 bits per heavy atom. The normalized spacial score (nSPS) is 11.5. The molecule has 8 heteroatoms. The molecule has 1 aromatic heterocycles. The number of hydrogen-bond acceptors (Lipinski definition) is 6. The Kier molecular flexibility index (Phi) is 4.71. The molecule has 0 radical (unpaired) electrons. The first-order valence-electron chi connectivity index (χ1n) is 7.28. The van der Waals surface area contributed by atoms with Crippen LogP contribution in [0.15, 0.2) is 88.1 Å². The second kappa shape index (κ2) is 7.10. The van der Waals surface area contributed by atoms with Gasteiger partial charge in [0, 0.05) is 6.20 Å². The fraction of sp³-hybridized carbons (Fsp3) is 0. The van der Waals surface area contributed by atoms with E-state index in [0.717, 1.165) is 0 Å². The largest absolute Gasteiger partial charge is 0.506 e. The lowest BCUT2D eigenvalue weighted by Gasteiger charge is -2.06. The molecule has 126 valence electrons. The van der Waals surface area contributed by atoms with Crippen molar-refractivity contribution in [1.82, 2.24) is 4.98 Å². The first kappa shape index (κ1) is 16.6. The van der Waals surface area contributed by atoms with E-state index in [9.17, 15) is 13.5 Å². The van der Waals surface area contributed by atoms with Gasteiger partial charge in [-0.25, -0.2) is 13.4 Å². The maximum absolute atomic E-state index is 12.3. The summed E-state index contributed by atoms with van der Waals surface area (Å²) in [4.78, 5) is 4.01. The molecule has 0 aliphatic rings. The smallest absolute Gasteiger partial charge is 0.263 e. The zero-order valence-corrected chi connectivity index (χ0v) is 13.8. The summed E-state index contributed by atoms with van der Waals surface area (Å²) in [5, 5.41) is 17.5. The highest BCUT2D eigenvalue weighted by atomic mass is 32.2. The number of nitrogens with zero attached hydrogens (tertiary/aromatic N) is 3. The molecule has 0 spiro atoms. The second-order valence-electron chi connectivity index (χ2n) is 5.00. The van der Waals surface area contributed by atoms with Gasteiger partial charge in [0.1, 0.15) is 17.3 Å². The number of phenolic OH excluding ortho intramolecular Hbond substituents is 1. The minimum absolute atomic E-state index is 0.0185. The zero-order valence-electron chi connectivity index (χ0n) is 12.9. The van der Waals surface area contributed by atoms with Crippen molar-refractivity contribution in [2.45, 2.75) is 4.90 Å². The fourth-order valence-electron chi connectivity index (χ4n) is 1.97. The average Bonchev–Trinajstić information content (AvgIpc) is 2.62. The molecular formula is C17H14N4O3S. The third kappa shape index (κ3) is 4.18. The van der Waals surface area contributed by atoms with Crippen LogP contribution in [-0.4, -0.2) is 18.5 Å². The lowest BCUT2D eigenvalue weighted by Crippen LogP contribution is -2.13. The summed E-state index contributed by atoms with van der Waals surface area (Å²) >= 11 is 0. The molecule has 2 aromatic carbocycles. The van der Waals surface area contributed by atoms with Crippen molar-refractivity contribution in [2.75, 3.05) is 4.72 Å². The van der Waals surface area contributed by atoms with Crippen molar-refractivity contribution in [1.29, 1.82) is 0 Å². The van der Waals surface area contributed by atoms with Crippen molar-refractivity contribution >= 4 is 27.2 Å². The van der Waals surface area contributed by atoms with Crippen LogP contribution < -0.4 is 4.72 Å². The predicted octanol–water partition coefficient (Wildman–Crippen LogP) is 4.00. The summed E-state index contributed by atoms with van der Waals surface area (Å²) in [7, 11) is -3.73. The molecule has 25 heavy (non-hydrogen) atoms. The van der Waals surface area contributed by atoms with Crippen molar-refractivity contribution in [3.63, 3.8) is 0 Å². The third-order valence-corrected chi connectivity index (χ3v) is 4.58. The predicted molar refractivity (Wildman–Crippen MR) is 93.8 cm³/mol. The molecule has 0 fully saturated rings. The second-order valence-corrected chi connectivity index (χ2v) is 6.69. The van der Waals surface area contributed by atoms with Crippen LogP contribution in [0.5, 0.6) is 5.75 Å². The van der Waals surface area contributed by atoms with Crippen LogP contribution in [0, 0.1) is 0 Å². The van der Waals surface area contributed by atoms with Gasteiger partial charge in [0.2, 0.25) is 0 Å². The summed E-state index contributed by atoms with van der Waals surface area (Å²) in [5.41, 5.74) is 0.788. The molecule has 0 aliphatic carbocycles. The van der Waals surface area contributed by atoms with Crippen molar-refractivity contribution in [3.05, 3.63) is 72.9 Å². The van der Waals surface area contributed by atoms with Crippen LogP contribution in [0.2, 0.25) is 0 Å². The summed E-state index contributed by atoms with van der Waals surface area (Å²) in [6, 6.07) is 17.4. The number of aromatic hydroxyl groups is 1. The molecule has 0 aliphatic heterocycles. The molecule has 1 heterocycles. The minimum atomic E-state index is -3.73. The van der Waals surface area contributed by atoms with Gasteiger partial charge in [-0.3, -0.25) is 4.72 Å². The van der Waals surface area contributed by atoms with Gasteiger partial charge in [-0.15, -0.1) is 5.11 Å². The molecule has 3 rings (SSSR count). The van der Waals surface area contributed by atoms with E-state index in [4.69, 9.17) is 0 Å². The number of anilines is 1. The summed E-state index contributed by atoms with van der Waals surface area (Å²) in [5.74, 6) is 0.260. The van der Waals surface area contributed by atoms with Gasteiger partial charge in [0.15, 0.2) is 0 Å². The summed E-state index contributed by atoms with van der Waals surface area (Å²) < 4.78 is 27.0. The number of hydrogen-bond donors (Lipinski definition) is 2. The Balaban J connectivity index is 1.77. The number of sulfonamides is 1. The van der Waals surface area contributed by atoms with E-state index in [-0.39, 0.29) is 16.5 Å². The summed E-state index contributed by atoms with van der Waals surface area (Å²) in [6.07, 6.45) is 1.50. The minimum Gasteiger partial charge on any atom is -0.506 e. The Hall–Kier alpha value is -3.26. The molecule has 7 nitrogen and oxygen atoms in total. The molecule has 0 saturated carbocycles. The number of phenols is 1. The number of aromatic nitrogens is 1. The number of nitrogens with one attached hydrogen (secondary N) is 1. The van der Waals surface area contributed by atoms with Gasteiger partial charge in [0.05, 0.1) is 10.6 Å². The van der Waals surface area contributed by atoms with Crippen molar-refractivity contribution < 1.29 is 13.5 Å². The van der Waals surface area contributed by atoms with E-state index in [1.165, 1.54) is 36.5 Å². The standard InChI is InChI=1S/C17H14N4O3S/c22-16-6-2-1-5-15(16)20-19-13-8-10-14(11-9-13)25(23,24)21-17-7-3-4-12-18-17/h1-12,22H,(H,18,21)/b20-19+. The Morgan fingerprint density at radius 1 is 0.880 bits per heavy atom. The topological polar surface area (TPSA) is 104 Å². The molecule has 0 saturated heterocycles. The SMILES string of the molecule is O=S(=O)(Nc1ccccn1)c1ccc(/N=N/c2ccccc2O)cc1. The highest BCUT2D eigenvalue weighted by Crippen LogP contribution is 2.27. The van der Waals surface area contributed by atoms with E-state index in [1.807, 2.05) is 0 Å². The van der Waals surface area contributed by atoms with Gasteiger partial charge < -0.3 is 5.11 Å². The van der Waals surface area contributed by atoms with Gasteiger partial charge >= 0.3 is 0 Å². The zero-order chi connectivity index (χ0) is 17.7. The number of para-hydroxylation sites is 1. The first-order chi connectivity index (χ1) is 12.0. The van der Waals surface area contributed by atoms with Crippen LogP contribution in [0.4, 0.5) is 17.2 Å². The van der Waals surface area contributed by atoms with E-state index in [1.54, 1.807) is 36.4 Å². The Bertz CT molecular complexity index is 988.